The number of hydrogen-bond donors (Lipinski definition) is 2. The van der Waals surface area contributed by atoms with Crippen LogP contribution in [0.15, 0.2) is 59.4 Å². The molecule has 0 saturated heterocycles. The lowest BCUT2D eigenvalue weighted by Crippen LogP contribution is -2.36. The first-order chi connectivity index (χ1) is 11.3. The maximum atomic E-state index is 11.3. The Morgan fingerprint density at radius 1 is 1.00 bits per heavy atom. The first kappa shape index (κ1) is 13.8. The lowest BCUT2D eigenvalue weighted by atomic mass is 10.1. The Balaban J connectivity index is 1.65. The number of rotatable bonds is 4. The molecule has 116 valence electrons. The van der Waals surface area contributed by atoms with Crippen LogP contribution in [0.1, 0.15) is 17.0 Å². The molecule has 0 fully saturated rings. The topological polar surface area (TPSA) is 64.8 Å². The minimum absolute atomic E-state index is 0.261. The summed E-state index contributed by atoms with van der Waals surface area (Å²) >= 11 is 0. The monoisotopic (exact) mass is 306 g/mol. The number of nitrogens with zero attached hydrogens (tertiary/aromatic N) is 2. The number of hydrogen-bond acceptors (Lipinski definition) is 3. The maximum absolute atomic E-state index is 11.3. The molecule has 0 amide bonds. The van der Waals surface area contributed by atoms with Crippen molar-refractivity contribution in [3.8, 4) is 0 Å². The van der Waals surface area contributed by atoms with E-state index in [-0.39, 0.29) is 5.69 Å². The summed E-state index contributed by atoms with van der Waals surface area (Å²) in [4.78, 5) is 16.4. The van der Waals surface area contributed by atoms with Crippen LogP contribution < -0.4 is 10.6 Å². The summed E-state index contributed by atoms with van der Waals surface area (Å²) in [5.41, 5.74) is 3.71. The zero-order chi connectivity index (χ0) is 15.6. The maximum Gasteiger partial charge on any atom is 0.340 e. The fourth-order valence-electron chi connectivity index (χ4n) is 3.35. The minimum Gasteiger partial charge on any atom is -0.360 e. The first-order valence-corrected chi connectivity index (χ1v) is 7.81. The molecule has 0 spiro atoms. The number of nitrogens with one attached hydrogen (secondary N) is 2. The van der Waals surface area contributed by atoms with Gasteiger partial charge < -0.3 is 4.90 Å². The Morgan fingerprint density at radius 2 is 1.65 bits per heavy atom. The molecule has 1 heterocycles. The highest BCUT2D eigenvalue weighted by Gasteiger charge is 2.27. The number of aromatic nitrogens is 3. The highest BCUT2D eigenvalue weighted by Crippen LogP contribution is 2.29. The molecule has 1 aliphatic rings. The SMILES string of the molecule is O=c1[nH]nc(CN(c2ccccc2)C2Cc3ccccc3C2)[nH]1. The second-order valence-electron chi connectivity index (χ2n) is 5.92. The molecule has 0 unspecified atom stereocenters. The Labute approximate surface area is 134 Å². The number of para-hydroxylation sites is 1. The Bertz CT molecular complexity index is 827. The van der Waals surface area contributed by atoms with Crippen LogP contribution in [0, 0.1) is 0 Å². The highest BCUT2D eigenvalue weighted by molar-refractivity contribution is 5.49. The van der Waals surface area contributed by atoms with E-state index in [9.17, 15) is 4.79 Å². The van der Waals surface area contributed by atoms with Gasteiger partial charge in [0.05, 0.1) is 6.54 Å². The van der Waals surface area contributed by atoms with Crippen molar-refractivity contribution in [2.24, 2.45) is 0 Å². The van der Waals surface area contributed by atoms with Crippen LogP contribution in [0.2, 0.25) is 0 Å². The summed E-state index contributed by atoms with van der Waals surface area (Å²) in [7, 11) is 0. The molecule has 1 aromatic heterocycles. The average Bonchev–Trinajstić information content (AvgIpc) is 3.19. The summed E-state index contributed by atoms with van der Waals surface area (Å²) in [5, 5.41) is 6.51. The normalized spacial score (nSPS) is 13.9. The quantitative estimate of drug-likeness (QED) is 0.777. The van der Waals surface area contributed by atoms with E-state index in [0.29, 0.717) is 18.4 Å². The van der Waals surface area contributed by atoms with Crippen LogP contribution in [0.3, 0.4) is 0 Å². The van der Waals surface area contributed by atoms with Gasteiger partial charge in [0.25, 0.3) is 0 Å². The van der Waals surface area contributed by atoms with Gasteiger partial charge in [-0.2, -0.15) is 5.10 Å². The molecule has 0 saturated carbocycles. The van der Waals surface area contributed by atoms with E-state index in [0.717, 1.165) is 18.5 Å². The molecule has 1 aliphatic carbocycles. The smallest absolute Gasteiger partial charge is 0.340 e. The molecule has 0 bridgehead atoms. The van der Waals surface area contributed by atoms with Gasteiger partial charge in [-0.1, -0.05) is 42.5 Å². The molecule has 2 aromatic carbocycles. The van der Waals surface area contributed by atoms with E-state index >= 15 is 0 Å². The second kappa shape index (κ2) is 5.76. The van der Waals surface area contributed by atoms with Gasteiger partial charge in [0.2, 0.25) is 0 Å². The zero-order valence-electron chi connectivity index (χ0n) is 12.7. The summed E-state index contributed by atoms with van der Waals surface area (Å²) in [6.45, 7) is 0.585. The summed E-state index contributed by atoms with van der Waals surface area (Å²) in [5.74, 6) is 0.662. The van der Waals surface area contributed by atoms with Crippen molar-refractivity contribution in [3.63, 3.8) is 0 Å². The number of anilines is 1. The van der Waals surface area contributed by atoms with Gasteiger partial charge in [0.15, 0.2) is 0 Å². The van der Waals surface area contributed by atoms with Crippen LogP contribution in [0.25, 0.3) is 0 Å². The molecule has 0 aliphatic heterocycles. The van der Waals surface area contributed by atoms with E-state index in [1.54, 1.807) is 0 Å². The third-order valence-electron chi connectivity index (χ3n) is 4.43. The molecule has 5 nitrogen and oxygen atoms in total. The molecule has 0 radical (unpaired) electrons. The van der Waals surface area contributed by atoms with Gasteiger partial charge >= 0.3 is 5.69 Å². The number of aromatic amines is 2. The molecule has 2 N–H and O–H groups in total. The van der Waals surface area contributed by atoms with E-state index in [2.05, 4.69) is 56.5 Å². The van der Waals surface area contributed by atoms with Crippen molar-refractivity contribution in [3.05, 3.63) is 82.0 Å². The molecular weight excluding hydrogens is 288 g/mol. The highest BCUT2D eigenvalue weighted by atomic mass is 16.1. The van der Waals surface area contributed by atoms with Crippen molar-refractivity contribution >= 4 is 5.69 Å². The fourth-order valence-corrected chi connectivity index (χ4v) is 3.35. The largest absolute Gasteiger partial charge is 0.360 e. The van der Waals surface area contributed by atoms with Crippen LogP contribution >= 0.6 is 0 Å². The minimum atomic E-state index is -0.261. The van der Waals surface area contributed by atoms with Crippen LogP contribution in [-0.4, -0.2) is 21.2 Å². The van der Waals surface area contributed by atoms with E-state index in [1.165, 1.54) is 11.1 Å². The van der Waals surface area contributed by atoms with Crippen molar-refractivity contribution in [1.82, 2.24) is 15.2 Å². The molecular formula is C18H18N4O. The third-order valence-corrected chi connectivity index (χ3v) is 4.43. The standard InChI is InChI=1S/C18H18N4O/c23-18-19-17(20-21-18)12-22(15-8-2-1-3-9-15)16-10-13-6-4-5-7-14(13)11-16/h1-9,16H,10-12H2,(H2,19,20,21,23). The molecule has 0 atom stereocenters. The van der Waals surface area contributed by atoms with Gasteiger partial charge in [0, 0.05) is 11.7 Å². The van der Waals surface area contributed by atoms with E-state index in [1.807, 2.05) is 18.2 Å². The summed E-state index contributed by atoms with van der Waals surface area (Å²) in [6, 6.07) is 19.3. The predicted molar refractivity (Wildman–Crippen MR) is 89.5 cm³/mol. The average molecular weight is 306 g/mol. The Morgan fingerprint density at radius 3 is 2.26 bits per heavy atom. The second-order valence-corrected chi connectivity index (χ2v) is 5.92. The van der Waals surface area contributed by atoms with E-state index in [4.69, 9.17) is 0 Å². The number of fused-ring (bicyclic) bond motifs is 1. The van der Waals surface area contributed by atoms with Crippen molar-refractivity contribution in [1.29, 1.82) is 0 Å². The predicted octanol–water partition coefficient (Wildman–Crippen LogP) is 2.27. The fraction of sp³-hybridized carbons (Fsp3) is 0.222. The first-order valence-electron chi connectivity index (χ1n) is 7.81. The molecule has 4 rings (SSSR count). The zero-order valence-corrected chi connectivity index (χ0v) is 12.7. The van der Waals surface area contributed by atoms with Gasteiger partial charge in [-0.25, -0.2) is 9.89 Å². The lowest BCUT2D eigenvalue weighted by Gasteiger charge is -2.30. The van der Waals surface area contributed by atoms with Crippen LogP contribution in [0.5, 0.6) is 0 Å². The van der Waals surface area contributed by atoms with Crippen molar-refractivity contribution < 1.29 is 0 Å². The van der Waals surface area contributed by atoms with Gasteiger partial charge in [0.1, 0.15) is 5.82 Å². The Hall–Kier alpha value is -2.82. The summed E-state index contributed by atoms with van der Waals surface area (Å²) in [6.07, 6.45) is 2.03. The van der Waals surface area contributed by atoms with Crippen LogP contribution in [-0.2, 0) is 19.4 Å². The van der Waals surface area contributed by atoms with E-state index < -0.39 is 0 Å². The molecule has 5 heteroatoms. The molecule has 3 aromatic rings. The number of benzene rings is 2. The summed E-state index contributed by atoms with van der Waals surface area (Å²) < 4.78 is 0. The molecule has 23 heavy (non-hydrogen) atoms. The van der Waals surface area contributed by atoms with Crippen molar-refractivity contribution in [2.45, 2.75) is 25.4 Å². The van der Waals surface area contributed by atoms with Gasteiger partial charge in [-0.15, -0.1) is 0 Å². The van der Waals surface area contributed by atoms with Crippen molar-refractivity contribution in [2.75, 3.05) is 4.90 Å². The van der Waals surface area contributed by atoms with Crippen LogP contribution in [0.4, 0.5) is 5.69 Å². The number of H-pyrrole nitrogens is 2. The van der Waals surface area contributed by atoms with Gasteiger partial charge in [-0.05, 0) is 36.1 Å². The Kier molecular flexibility index (Phi) is 3.46. The third kappa shape index (κ3) is 2.77. The lowest BCUT2D eigenvalue weighted by molar-refractivity contribution is 0.603. The van der Waals surface area contributed by atoms with Gasteiger partial charge in [-0.3, -0.25) is 4.98 Å².